The van der Waals surface area contributed by atoms with Crippen LogP contribution >= 0.6 is 0 Å². The van der Waals surface area contributed by atoms with Crippen molar-refractivity contribution in [3.8, 4) is 0 Å². The number of anilines is 1. The number of sulfonamides is 1. The van der Waals surface area contributed by atoms with Gasteiger partial charge in [-0.3, -0.25) is 0 Å². The quantitative estimate of drug-likeness (QED) is 0.806. The van der Waals surface area contributed by atoms with E-state index in [9.17, 15) is 8.42 Å². The Labute approximate surface area is 110 Å². The molecule has 102 valence electrons. The van der Waals surface area contributed by atoms with Gasteiger partial charge in [-0.25, -0.2) is 13.1 Å². The van der Waals surface area contributed by atoms with Crippen LogP contribution in [-0.2, 0) is 10.0 Å². The summed E-state index contributed by atoms with van der Waals surface area (Å²) in [4.78, 5) is 0.227. The molecule has 1 unspecified atom stereocenters. The van der Waals surface area contributed by atoms with Gasteiger partial charge in [0.25, 0.3) is 0 Å². The Morgan fingerprint density at radius 3 is 2.39 bits per heavy atom. The maximum absolute atomic E-state index is 12.2. The molecule has 5 heteroatoms. The van der Waals surface area contributed by atoms with Gasteiger partial charge in [0, 0.05) is 11.7 Å². The van der Waals surface area contributed by atoms with Gasteiger partial charge in [-0.15, -0.1) is 0 Å². The molecule has 1 aromatic carbocycles. The molecule has 0 bridgehead atoms. The van der Waals surface area contributed by atoms with Crippen LogP contribution < -0.4 is 10.5 Å². The molecule has 18 heavy (non-hydrogen) atoms. The molecule has 1 atom stereocenters. The Bertz CT molecular complexity index is 510. The number of nitrogens with one attached hydrogen (secondary N) is 1. The van der Waals surface area contributed by atoms with Gasteiger partial charge >= 0.3 is 0 Å². The highest BCUT2D eigenvalue weighted by molar-refractivity contribution is 7.89. The van der Waals surface area contributed by atoms with Gasteiger partial charge in [-0.05, 0) is 37.0 Å². The van der Waals surface area contributed by atoms with Gasteiger partial charge in [0.1, 0.15) is 0 Å². The van der Waals surface area contributed by atoms with Crippen molar-refractivity contribution in [3.05, 3.63) is 23.8 Å². The molecule has 3 N–H and O–H groups in total. The van der Waals surface area contributed by atoms with E-state index < -0.39 is 10.0 Å². The molecular weight excluding hydrogens is 248 g/mol. The third kappa shape index (κ3) is 3.46. The van der Waals surface area contributed by atoms with Crippen LogP contribution in [-0.4, -0.2) is 14.5 Å². The summed E-state index contributed by atoms with van der Waals surface area (Å²) >= 11 is 0. The van der Waals surface area contributed by atoms with Crippen LogP contribution in [0.2, 0.25) is 0 Å². The number of nitrogen functional groups attached to an aromatic ring is 1. The lowest BCUT2D eigenvalue weighted by Crippen LogP contribution is -2.37. The largest absolute Gasteiger partial charge is 0.398 e. The van der Waals surface area contributed by atoms with Crippen LogP contribution in [0.3, 0.4) is 0 Å². The summed E-state index contributed by atoms with van der Waals surface area (Å²) in [6.07, 6.45) is 0.762. The lowest BCUT2D eigenvalue weighted by Gasteiger charge is -2.20. The van der Waals surface area contributed by atoms with E-state index >= 15 is 0 Å². The molecule has 0 fully saturated rings. The SMILES string of the molecule is CCC(NS(=O)(=O)c1ccc(C)c(N)c1)C(C)C. The highest BCUT2D eigenvalue weighted by atomic mass is 32.2. The fourth-order valence-electron chi connectivity index (χ4n) is 1.74. The molecule has 0 spiro atoms. The Morgan fingerprint density at radius 2 is 1.94 bits per heavy atom. The van der Waals surface area contributed by atoms with Crippen LogP contribution in [0.4, 0.5) is 5.69 Å². The van der Waals surface area contributed by atoms with Crippen molar-refractivity contribution in [2.45, 2.75) is 45.1 Å². The minimum absolute atomic E-state index is 0.0578. The van der Waals surface area contributed by atoms with Crippen molar-refractivity contribution in [1.82, 2.24) is 4.72 Å². The first-order valence-corrected chi connectivity index (χ1v) is 7.64. The lowest BCUT2D eigenvalue weighted by atomic mass is 10.0. The van der Waals surface area contributed by atoms with Crippen molar-refractivity contribution in [3.63, 3.8) is 0 Å². The van der Waals surface area contributed by atoms with Crippen LogP contribution in [0.15, 0.2) is 23.1 Å². The highest BCUT2D eigenvalue weighted by Crippen LogP contribution is 2.18. The zero-order chi connectivity index (χ0) is 13.9. The summed E-state index contributed by atoms with van der Waals surface area (Å²) in [5, 5.41) is 0. The van der Waals surface area contributed by atoms with E-state index in [-0.39, 0.29) is 16.9 Å². The van der Waals surface area contributed by atoms with Gasteiger partial charge in [0.05, 0.1) is 4.90 Å². The van der Waals surface area contributed by atoms with Crippen molar-refractivity contribution < 1.29 is 8.42 Å². The maximum atomic E-state index is 12.2. The Hall–Kier alpha value is -1.07. The third-order valence-corrected chi connectivity index (χ3v) is 4.60. The zero-order valence-corrected chi connectivity index (χ0v) is 12.2. The van der Waals surface area contributed by atoms with E-state index in [0.717, 1.165) is 12.0 Å². The van der Waals surface area contributed by atoms with E-state index in [4.69, 9.17) is 5.73 Å². The Morgan fingerprint density at radius 1 is 1.33 bits per heavy atom. The van der Waals surface area contributed by atoms with Crippen LogP contribution in [0.1, 0.15) is 32.8 Å². The van der Waals surface area contributed by atoms with Gasteiger partial charge < -0.3 is 5.73 Å². The topological polar surface area (TPSA) is 72.2 Å². The third-order valence-electron chi connectivity index (χ3n) is 3.11. The smallest absolute Gasteiger partial charge is 0.240 e. The fourth-order valence-corrected chi connectivity index (χ4v) is 3.25. The molecule has 0 saturated heterocycles. The summed E-state index contributed by atoms with van der Waals surface area (Å²) in [7, 11) is -3.49. The van der Waals surface area contributed by atoms with Crippen molar-refractivity contribution >= 4 is 15.7 Å². The molecule has 0 heterocycles. The molecule has 1 aromatic rings. The summed E-state index contributed by atoms with van der Waals surface area (Å²) in [5.74, 6) is 0.257. The standard InChI is InChI=1S/C13H22N2O2S/c1-5-13(9(2)3)15-18(16,17)11-7-6-10(4)12(14)8-11/h6-9,13,15H,5,14H2,1-4H3. The van der Waals surface area contributed by atoms with E-state index in [1.54, 1.807) is 12.1 Å². The van der Waals surface area contributed by atoms with Gasteiger partial charge in [0.2, 0.25) is 10.0 Å². The first-order chi connectivity index (χ1) is 8.27. The molecule has 0 aromatic heterocycles. The van der Waals surface area contributed by atoms with E-state index in [2.05, 4.69) is 4.72 Å². The molecule has 0 amide bonds. The van der Waals surface area contributed by atoms with Crippen LogP contribution in [0, 0.1) is 12.8 Å². The number of hydrogen-bond acceptors (Lipinski definition) is 3. The second kappa shape index (κ2) is 5.71. The summed E-state index contributed by atoms with van der Waals surface area (Å²) in [6, 6.07) is 4.75. The van der Waals surface area contributed by atoms with E-state index in [1.807, 2.05) is 27.7 Å². The number of nitrogens with two attached hydrogens (primary N) is 1. The summed E-state index contributed by atoms with van der Waals surface area (Å²) in [5.41, 5.74) is 7.12. The average Bonchev–Trinajstić information content (AvgIpc) is 2.29. The second-order valence-corrected chi connectivity index (χ2v) is 6.61. The molecular formula is C13H22N2O2S. The van der Waals surface area contributed by atoms with E-state index in [0.29, 0.717) is 5.69 Å². The number of rotatable bonds is 5. The predicted molar refractivity (Wildman–Crippen MR) is 74.8 cm³/mol. The van der Waals surface area contributed by atoms with Gasteiger partial charge in [-0.2, -0.15) is 0 Å². The average molecular weight is 270 g/mol. The zero-order valence-electron chi connectivity index (χ0n) is 11.4. The maximum Gasteiger partial charge on any atom is 0.240 e. The molecule has 0 aliphatic heterocycles. The van der Waals surface area contributed by atoms with E-state index in [1.165, 1.54) is 6.07 Å². The normalized spacial score (nSPS) is 13.8. The minimum Gasteiger partial charge on any atom is -0.398 e. The molecule has 1 rings (SSSR count). The van der Waals surface area contributed by atoms with Crippen LogP contribution in [0.5, 0.6) is 0 Å². The summed E-state index contributed by atoms with van der Waals surface area (Å²) in [6.45, 7) is 7.82. The Balaban J connectivity index is 3.02. The number of benzene rings is 1. The second-order valence-electron chi connectivity index (χ2n) is 4.90. The monoisotopic (exact) mass is 270 g/mol. The lowest BCUT2D eigenvalue weighted by molar-refractivity contribution is 0.437. The van der Waals surface area contributed by atoms with Gasteiger partial charge in [-0.1, -0.05) is 26.8 Å². The molecule has 0 saturated carbocycles. The number of hydrogen-bond donors (Lipinski definition) is 2. The fraction of sp³-hybridized carbons (Fsp3) is 0.538. The first kappa shape index (κ1) is 15.0. The van der Waals surface area contributed by atoms with Crippen molar-refractivity contribution in [1.29, 1.82) is 0 Å². The van der Waals surface area contributed by atoms with Gasteiger partial charge in [0.15, 0.2) is 0 Å². The van der Waals surface area contributed by atoms with Crippen LogP contribution in [0.25, 0.3) is 0 Å². The van der Waals surface area contributed by atoms with Crippen molar-refractivity contribution in [2.24, 2.45) is 5.92 Å². The minimum atomic E-state index is -3.49. The highest BCUT2D eigenvalue weighted by Gasteiger charge is 2.21. The number of aryl methyl sites for hydroxylation is 1. The summed E-state index contributed by atoms with van der Waals surface area (Å²) < 4.78 is 27.1. The van der Waals surface area contributed by atoms with Crippen molar-refractivity contribution in [2.75, 3.05) is 5.73 Å². The molecule has 0 radical (unpaired) electrons. The first-order valence-electron chi connectivity index (χ1n) is 6.16. The Kier molecular flexibility index (Phi) is 4.76. The molecule has 4 nitrogen and oxygen atoms in total. The predicted octanol–water partition coefficient (Wildman–Crippen LogP) is 2.29. The molecule has 0 aliphatic carbocycles. The molecule has 0 aliphatic rings.